The number of ether oxygens (including phenoxy) is 1. The van der Waals surface area contributed by atoms with Crippen molar-refractivity contribution in [1.82, 2.24) is 0 Å². The molecule has 1 rings (SSSR count). The van der Waals surface area contributed by atoms with E-state index in [2.05, 4.69) is 27.8 Å². The summed E-state index contributed by atoms with van der Waals surface area (Å²) in [4.78, 5) is 0. The molecule has 86 valence electrons. The van der Waals surface area contributed by atoms with E-state index in [1.165, 1.54) is 0 Å². The molecule has 1 nitrogen and oxygen atoms in total. The van der Waals surface area contributed by atoms with Crippen molar-refractivity contribution in [2.75, 3.05) is 11.9 Å². The molecule has 0 N–H and O–H groups in total. The molecule has 0 radical (unpaired) electrons. The number of para-hydroxylation sites is 1. The van der Waals surface area contributed by atoms with Crippen LogP contribution in [0.4, 0.5) is 0 Å². The highest BCUT2D eigenvalue weighted by Crippen LogP contribution is 2.17. The van der Waals surface area contributed by atoms with Crippen LogP contribution in [0.1, 0.15) is 31.7 Å². The van der Waals surface area contributed by atoms with Crippen LogP contribution in [0.15, 0.2) is 24.3 Å². The summed E-state index contributed by atoms with van der Waals surface area (Å²) in [6, 6.07) is 7.96. The number of hydrogen-bond acceptors (Lipinski definition) is 1. The van der Waals surface area contributed by atoms with Gasteiger partial charge in [0.2, 0.25) is 0 Å². The molecule has 0 aromatic heterocycles. The SMILES string of the molecule is CCC#Cc1ccccc1OCCCCBr. The first kappa shape index (κ1) is 13.1. The highest BCUT2D eigenvalue weighted by atomic mass is 79.9. The molecule has 0 amide bonds. The molecule has 0 atom stereocenters. The van der Waals surface area contributed by atoms with Crippen LogP contribution in [0.2, 0.25) is 0 Å². The lowest BCUT2D eigenvalue weighted by Crippen LogP contribution is -1.99. The number of hydrogen-bond donors (Lipinski definition) is 0. The fourth-order valence-corrected chi connectivity index (χ4v) is 1.65. The van der Waals surface area contributed by atoms with E-state index in [1.54, 1.807) is 0 Å². The number of unbranched alkanes of at least 4 members (excludes halogenated alkanes) is 1. The quantitative estimate of drug-likeness (QED) is 0.450. The van der Waals surface area contributed by atoms with E-state index in [0.717, 1.165) is 42.5 Å². The highest BCUT2D eigenvalue weighted by molar-refractivity contribution is 9.09. The van der Waals surface area contributed by atoms with Gasteiger partial charge in [-0.05, 0) is 25.0 Å². The van der Waals surface area contributed by atoms with Gasteiger partial charge in [0.25, 0.3) is 0 Å². The van der Waals surface area contributed by atoms with Gasteiger partial charge < -0.3 is 4.74 Å². The molecule has 0 fully saturated rings. The summed E-state index contributed by atoms with van der Waals surface area (Å²) in [7, 11) is 0. The monoisotopic (exact) mass is 280 g/mol. The van der Waals surface area contributed by atoms with E-state index < -0.39 is 0 Å². The number of rotatable bonds is 5. The summed E-state index contributed by atoms with van der Waals surface area (Å²) >= 11 is 3.41. The van der Waals surface area contributed by atoms with Crippen LogP contribution in [0.3, 0.4) is 0 Å². The average Bonchev–Trinajstić information content (AvgIpc) is 2.33. The summed E-state index contributed by atoms with van der Waals surface area (Å²) in [6.07, 6.45) is 3.08. The molecule has 0 saturated heterocycles. The van der Waals surface area contributed by atoms with E-state index in [9.17, 15) is 0 Å². The first-order valence-corrected chi connectivity index (χ1v) is 6.77. The van der Waals surface area contributed by atoms with Gasteiger partial charge in [-0.25, -0.2) is 0 Å². The van der Waals surface area contributed by atoms with Crippen LogP contribution in [-0.2, 0) is 0 Å². The Kier molecular flexibility index (Phi) is 6.76. The van der Waals surface area contributed by atoms with Crippen LogP contribution in [0.25, 0.3) is 0 Å². The summed E-state index contributed by atoms with van der Waals surface area (Å²) < 4.78 is 5.71. The van der Waals surface area contributed by atoms with Gasteiger partial charge in [-0.15, -0.1) is 0 Å². The first-order valence-electron chi connectivity index (χ1n) is 5.65. The molecule has 0 spiro atoms. The van der Waals surface area contributed by atoms with Crippen molar-refractivity contribution < 1.29 is 4.74 Å². The second kappa shape index (κ2) is 8.24. The molecule has 0 bridgehead atoms. The van der Waals surface area contributed by atoms with Gasteiger partial charge in [-0.1, -0.05) is 46.8 Å². The van der Waals surface area contributed by atoms with Crippen LogP contribution in [-0.4, -0.2) is 11.9 Å². The van der Waals surface area contributed by atoms with Crippen molar-refractivity contribution >= 4 is 15.9 Å². The minimum Gasteiger partial charge on any atom is -0.492 e. The Morgan fingerprint density at radius 2 is 2.06 bits per heavy atom. The van der Waals surface area contributed by atoms with Gasteiger partial charge in [0.1, 0.15) is 5.75 Å². The van der Waals surface area contributed by atoms with E-state index >= 15 is 0 Å². The van der Waals surface area contributed by atoms with Crippen LogP contribution >= 0.6 is 15.9 Å². The van der Waals surface area contributed by atoms with Crippen molar-refractivity contribution in [3.8, 4) is 17.6 Å². The van der Waals surface area contributed by atoms with Crippen molar-refractivity contribution in [2.45, 2.75) is 26.2 Å². The molecule has 1 aromatic carbocycles. The Hall–Kier alpha value is -0.940. The van der Waals surface area contributed by atoms with Gasteiger partial charge in [0, 0.05) is 11.8 Å². The summed E-state index contributed by atoms with van der Waals surface area (Å²) in [5.41, 5.74) is 0.989. The van der Waals surface area contributed by atoms with Crippen molar-refractivity contribution in [3.05, 3.63) is 29.8 Å². The zero-order valence-electron chi connectivity index (χ0n) is 9.63. The molecule has 0 heterocycles. The van der Waals surface area contributed by atoms with E-state index in [-0.39, 0.29) is 0 Å². The lowest BCUT2D eigenvalue weighted by molar-refractivity contribution is 0.309. The lowest BCUT2D eigenvalue weighted by Gasteiger charge is -2.07. The van der Waals surface area contributed by atoms with Crippen LogP contribution < -0.4 is 4.74 Å². The fourth-order valence-electron chi connectivity index (χ4n) is 1.26. The maximum atomic E-state index is 5.71. The standard InChI is InChI=1S/C14H17BrO/c1-2-3-8-13-9-4-5-10-14(13)16-12-7-6-11-15/h4-5,9-10H,2,6-7,11-12H2,1H3. The van der Waals surface area contributed by atoms with Gasteiger partial charge in [0.05, 0.1) is 12.2 Å². The van der Waals surface area contributed by atoms with Crippen LogP contribution in [0.5, 0.6) is 5.75 Å². The van der Waals surface area contributed by atoms with Crippen molar-refractivity contribution in [3.63, 3.8) is 0 Å². The lowest BCUT2D eigenvalue weighted by atomic mass is 10.2. The molecule has 0 aliphatic heterocycles. The molecular formula is C14H17BrO. The topological polar surface area (TPSA) is 9.23 Å². The third kappa shape index (κ3) is 4.72. The largest absolute Gasteiger partial charge is 0.492 e. The molecule has 1 aromatic rings. The molecule has 0 saturated carbocycles. The van der Waals surface area contributed by atoms with Crippen molar-refractivity contribution in [1.29, 1.82) is 0 Å². The maximum Gasteiger partial charge on any atom is 0.134 e. The van der Waals surface area contributed by atoms with Gasteiger partial charge in [0.15, 0.2) is 0 Å². The second-order valence-electron chi connectivity index (χ2n) is 3.40. The Morgan fingerprint density at radius 1 is 1.25 bits per heavy atom. The Morgan fingerprint density at radius 3 is 2.81 bits per heavy atom. The van der Waals surface area contributed by atoms with Crippen LogP contribution in [0, 0.1) is 11.8 Å². The predicted molar refractivity (Wildman–Crippen MR) is 72.1 cm³/mol. The molecule has 0 unspecified atom stereocenters. The maximum absolute atomic E-state index is 5.71. The minimum absolute atomic E-state index is 0.760. The molecule has 0 aliphatic carbocycles. The Labute approximate surface area is 106 Å². The average molecular weight is 281 g/mol. The summed E-state index contributed by atoms with van der Waals surface area (Å²) in [5, 5.41) is 1.04. The van der Waals surface area contributed by atoms with E-state index in [0.29, 0.717) is 0 Å². The third-order valence-corrected chi connectivity index (χ3v) is 2.63. The first-order chi connectivity index (χ1) is 7.88. The third-order valence-electron chi connectivity index (χ3n) is 2.07. The number of benzene rings is 1. The zero-order valence-corrected chi connectivity index (χ0v) is 11.2. The molecular weight excluding hydrogens is 264 g/mol. The minimum atomic E-state index is 0.760. The molecule has 0 aliphatic rings. The van der Waals surface area contributed by atoms with Gasteiger partial charge in [-0.2, -0.15) is 0 Å². The summed E-state index contributed by atoms with van der Waals surface area (Å²) in [5.74, 6) is 7.09. The van der Waals surface area contributed by atoms with E-state index in [4.69, 9.17) is 4.74 Å². The Balaban J connectivity index is 2.57. The van der Waals surface area contributed by atoms with E-state index in [1.807, 2.05) is 31.2 Å². The predicted octanol–water partition coefficient (Wildman–Crippen LogP) is 4.00. The number of alkyl halides is 1. The zero-order chi connectivity index (χ0) is 11.6. The number of halogens is 1. The highest BCUT2D eigenvalue weighted by Gasteiger charge is 1.99. The molecule has 16 heavy (non-hydrogen) atoms. The second-order valence-corrected chi connectivity index (χ2v) is 4.19. The normalized spacial score (nSPS) is 9.38. The van der Waals surface area contributed by atoms with Gasteiger partial charge >= 0.3 is 0 Å². The summed E-state index contributed by atoms with van der Waals surface area (Å²) in [6.45, 7) is 2.81. The van der Waals surface area contributed by atoms with Gasteiger partial charge in [-0.3, -0.25) is 0 Å². The smallest absolute Gasteiger partial charge is 0.134 e. The molecule has 2 heteroatoms. The fraction of sp³-hybridized carbons (Fsp3) is 0.429. The van der Waals surface area contributed by atoms with Crippen molar-refractivity contribution in [2.24, 2.45) is 0 Å². The Bertz CT molecular complexity index is 362.